The van der Waals surface area contributed by atoms with Gasteiger partial charge in [-0.3, -0.25) is 4.79 Å². The van der Waals surface area contributed by atoms with E-state index in [0.29, 0.717) is 25.4 Å². The minimum absolute atomic E-state index is 0.0217. The van der Waals surface area contributed by atoms with Crippen molar-refractivity contribution in [1.82, 2.24) is 4.90 Å². The first-order valence-electron chi connectivity index (χ1n) is 7.97. The number of amides is 1. The van der Waals surface area contributed by atoms with Gasteiger partial charge >= 0.3 is 0 Å². The molecular formula is C19H21NO4. The third-order valence-electron chi connectivity index (χ3n) is 4.01. The second kappa shape index (κ2) is 7.84. The average Bonchev–Trinajstić information content (AvgIpc) is 2.67. The van der Waals surface area contributed by atoms with Crippen LogP contribution >= 0.6 is 0 Å². The van der Waals surface area contributed by atoms with Crippen molar-refractivity contribution in [2.45, 2.75) is 6.10 Å². The Kier molecular flexibility index (Phi) is 5.33. The van der Waals surface area contributed by atoms with Crippen molar-refractivity contribution < 1.29 is 19.0 Å². The molecule has 1 fully saturated rings. The third kappa shape index (κ3) is 4.06. The summed E-state index contributed by atoms with van der Waals surface area (Å²) < 4.78 is 16.5. The first-order chi connectivity index (χ1) is 11.8. The molecule has 0 spiro atoms. The first kappa shape index (κ1) is 16.3. The highest BCUT2D eigenvalue weighted by atomic mass is 16.5. The van der Waals surface area contributed by atoms with Crippen molar-refractivity contribution in [3.63, 3.8) is 0 Å². The van der Waals surface area contributed by atoms with Crippen LogP contribution in [0.1, 0.15) is 11.7 Å². The van der Waals surface area contributed by atoms with Gasteiger partial charge in [-0.1, -0.05) is 30.3 Å². The van der Waals surface area contributed by atoms with Crippen molar-refractivity contribution in [3.8, 4) is 11.5 Å². The Balaban J connectivity index is 1.54. The fraction of sp³-hybridized carbons (Fsp3) is 0.316. The Labute approximate surface area is 141 Å². The standard InChI is InChI=1S/C19H21NO4/c1-22-16-7-9-17(10-8-16)24-14-19(21)20-11-12-23-18(13-20)15-5-3-2-4-6-15/h2-10,18H,11-14H2,1H3/t18-/m1/s1. The number of carbonyl (C=O) groups is 1. The lowest BCUT2D eigenvalue weighted by Gasteiger charge is -2.33. The number of hydrogen-bond donors (Lipinski definition) is 0. The van der Waals surface area contributed by atoms with Crippen LogP contribution in [0, 0.1) is 0 Å². The number of nitrogens with zero attached hydrogens (tertiary/aromatic N) is 1. The number of methoxy groups -OCH3 is 1. The van der Waals surface area contributed by atoms with E-state index in [0.717, 1.165) is 11.3 Å². The van der Waals surface area contributed by atoms with Gasteiger partial charge in [0.15, 0.2) is 6.61 Å². The van der Waals surface area contributed by atoms with Crippen LogP contribution in [-0.4, -0.2) is 44.2 Å². The number of benzene rings is 2. The molecule has 126 valence electrons. The molecule has 0 aromatic heterocycles. The number of carbonyl (C=O) groups excluding carboxylic acids is 1. The summed E-state index contributed by atoms with van der Waals surface area (Å²) >= 11 is 0. The fourth-order valence-electron chi connectivity index (χ4n) is 2.65. The molecule has 2 aromatic rings. The lowest BCUT2D eigenvalue weighted by Crippen LogP contribution is -2.44. The molecule has 3 rings (SSSR count). The largest absolute Gasteiger partial charge is 0.497 e. The summed E-state index contributed by atoms with van der Waals surface area (Å²) in [4.78, 5) is 14.2. The fourth-order valence-corrected chi connectivity index (χ4v) is 2.65. The summed E-state index contributed by atoms with van der Waals surface area (Å²) in [6, 6.07) is 17.2. The summed E-state index contributed by atoms with van der Waals surface area (Å²) in [6.45, 7) is 1.70. The summed E-state index contributed by atoms with van der Waals surface area (Å²) in [5, 5.41) is 0. The molecule has 24 heavy (non-hydrogen) atoms. The van der Waals surface area contributed by atoms with E-state index >= 15 is 0 Å². The molecule has 0 radical (unpaired) electrons. The summed E-state index contributed by atoms with van der Waals surface area (Å²) in [5.74, 6) is 1.37. The van der Waals surface area contributed by atoms with Gasteiger partial charge in [0.1, 0.15) is 17.6 Å². The maximum Gasteiger partial charge on any atom is 0.260 e. The molecule has 5 nitrogen and oxygen atoms in total. The minimum Gasteiger partial charge on any atom is -0.497 e. The predicted octanol–water partition coefficient (Wildman–Crippen LogP) is 2.67. The maximum atomic E-state index is 12.4. The van der Waals surface area contributed by atoms with Gasteiger partial charge < -0.3 is 19.1 Å². The molecule has 0 unspecified atom stereocenters. The van der Waals surface area contributed by atoms with E-state index in [1.54, 1.807) is 36.3 Å². The van der Waals surface area contributed by atoms with Gasteiger partial charge in [-0.15, -0.1) is 0 Å². The number of ether oxygens (including phenoxy) is 3. The van der Waals surface area contributed by atoms with Crippen molar-refractivity contribution in [1.29, 1.82) is 0 Å². The molecular weight excluding hydrogens is 306 g/mol. The molecule has 1 aliphatic rings. The molecule has 0 aliphatic carbocycles. The molecule has 1 atom stereocenters. The zero-order valence-electron chi connectivity index (χ0n) is 13.7. The van der Waals surface area contributed by atoms with Crippen LogP contribution in [0.5, 0.6) is 11.5 Å². The minimum atomic E-state index is -0.0788. The number of hydrogen-bond acceptors (Lipinski definition) is 4. The van der Waals surface area contributed by atoms with Crippen molar-refractivity contribution in [2.75, 3.05) is 33.4 Å². The topological polar surface area (TPSA) is 48.0 Å². The first-order valence-corrected chi connectivity index (χ1v) is 7.97. The highest BCUT2D eigenvalue weighted by Crippen LogP contribution is 2.22. The van der Waals surface area contributed by atoms with E-state index in [1.165, 1.54) is 0 Å². The Hall–Kier alpha value is -2.53. The van der Waals surface area contributed by atoms with Crippen molar-refractivity contribution >= 4 is 5.91 Å². The van der Waals surface area contributed by atoms with Gasteiger partial charge in [-0.25, -0.2) is 0 Å². The van der Waals surface area contributed by atoms with Gasteiger partial charge in [-0.2, -0.15) is 0 Å². The van der Waals surface area contributed by atoms with E-state index in [2.05, 4.69) is 0 Å². The second-order valence-corrected chi connectivity index (χ2v) is 5.57. The Morgan fingerprint density at radius 3 is 2.54 bits per heavy atom. The zero-order chi connectivity index (χ0) is 16.8. The van der Waals surface area contributed by atoms with Crippen molar-refractivity contribution in [2.24, 2.45) is 0 Å². The van der Waals surface area contributed by atoms with Crippen LogP contribution in [0.15, 0.2) is 54.6 Å². The maximum absolute atomic E-state index is 12.4. The van der Waals surface area contributed by atoms with E-state index in [1.807, 2.05) is 30.3 Å². The summed E-state index contributed by atoms with van der Waals surface area (Å²) in [6.07, 6.45) is -0.0788. The average molecular weight is 327 g/mol. The van der Waals surface area contributed by atoms with Gasteiger partial charge in [0.25, 0.3) is 5.91 Å². The van der Waals surface area contributed by atoms with Crippen molar-refractivity contribution in [3.05, 3.63) is 60.2 Å². The predicted molar refractivity (Wildman–Crippen MR) is 90.2 cm³/mol. The second-order valence-electron chi connectivity index (χ2n) is 5.57. The molecule has 1 aliphatic heterocycles. The highest BCUT2D eigenvalue weighted by molar-refractivity contribution is 5.78. The SMILES string of the molecule is COc1ccc(OCC(=O)N2CCO[C@@H](c3ccccc3)C2)cc1. The zero-order valence-corrected chi connectivity index (χ0v) is 13.7. The van der Waals surface area contributed by atoms with Gasteiger partial charge in [-0.05, 0) is 29.8 Å². The van der Waals surface area contributed by atoms with Crippen LogP contribution in [0.3, 0.4) is 0 Å². The van der Waals surface area contributed by atoms with Crippen LogP contribution < -0.4 is 9.47 Å². The molecule has 2 aromatic carbocycles. The summed E-state index contributed by atoms with van der Waals surface area (Å²) in [5.41, 5.74) is 1.09. The molecule has 0 bridgehead atoms. The Morgan fingerprint density at radius 2 is 1.83 bits per heavy atom. The summed E-state index contributed by atoms with van der Waals surface area (Å²) in [7, 11) is 1.61. The van der Waals surface area contributed by atoms with Gasteiger partial charge in [0, 0.05) is 6.54 Å². The monoisotopic (exact) mass is 327 g/mol. The van der Waals surface area contributed by atoms with Crippen LogP contribution in [-0.2, 0) is 9.53 Å². The molecule has 1 saturated heterocycles. The number of morpholine rings is 1. The van der Waals surface area contributed by atoms with Gasteiger partial charge in [0.05, 0.1) is 20.3 Å². The number of rotatable bonds is 5. The Bertz CT molecular complexity index is 657. The molecule has 0 saturated carbocycles. The Morgan fingerprint density at radius 1 is 1.12 bits per heavy atom. The molecule has 5 heteroatoms. The smallest absolute Gasteiger partial charge is 0.260 e. The van der Waals surface area contributed by atoms with E-state index in [9.17, 15) is 4.79 Å². The lowest BCUT2D eigenvalue weighted by atomic mass is 10.1. The van der Waals surface area contributed by atoms with E-state index in [4.69, 9.17) is 14.2 Å². The molecule has 1 heterocycles. The third-order valence-corrected chi connectivity index (χ3v) is 4.01. The lowest BCUT2D eigenvalue weighted by molar-refractivity contribution is -0.141. The molecule has 0 N–H and O–H groups in total. The van der Waals surface area contributed by atoms with E-state index in [-0.39, 0.29) is 18.6 Å². The molecule has 1 amide bonds. The van der Waals surface area contributed by atoms with Crippen LogP contribution in [0.25, 0.3) is 0 Å². The normalized spacial score (nSPS) is 17.4. The quantitative estimate of drug-likeness (QED) is 0.847. The van der Waals surface area contributed by atoms with Crippen LogP contribution in [0.2, 0.25) is 0 Å². The van der Waals surface area contributed by atoms with E-state index < -0.39 is 0 Å². The van der Waals surface area contributed by atoms with Crippen LogP contribution in [0.4, 0.5) is 0 Å². The van der Waals surface area contributed by atoms with Gasteiger partial charge in [0.2, 0.25) is 0 Å². The highest BCUT2D eigenvalue weighted by Gasteiger charge is 2.25.